The number of carbonyl (C=O) groups is 1. The van der Waals surface area contributed by atoms with Crippen LogP contribution in [0.5, 0.6) is 0 Å². The number of aryl methyl sites for hydroxylation is 1. The lowest BCUT2D eigenvalue weighted by molar-refractivity contribution is -0.126. The molecule has 6 heteroatoms. The number of benzene rings is 1. The van der Waals surface area contributed by atoms with Crippen LogP contribution in [0.25, 0.3) is 0 Å². The monoisotopic (exact) mass is 319 g/mol. The van der Waals surface area contributed by atoms with E-state index in [0.717, 1.165) is 24.8 Å². The van der Waals surface area contributed by atoms with Gasteiger partial charge in [0.25, 0.3) is 0 Å². The fourth-order valence-corrected chi connectivity index (χ4v) is 2.87. The Hall–Kier alpha value is -1.85. The molecule has 0 saturated carbocycles. The van der Waals surface area contributed by atoms with E-state index in [1.165, 1.54) is 11.3 Å². The van der Waals surface area contributed by atoms with Gasteiger partial charge in [-0.25, -0.2) is 0 Å². The van der Waals surface area contributed by atoms with Gasteiger partial charge in [0, 0.05) is 16.8 Å². The van der Waals surface area contributed by atoms with E-state index in [4.69, 9.17) is 16.3 Å². The zero-order valence-electron chi connectivity index (χ0n) is 12.1. The molecule has 0 bridgehead atoms. The van der Waals surface area contributed by atoms with Crippen LogP contribution in [-0.2, 0) is 29.0 Å². The van der Waals surface area contributed by atoms with Crippen molar-refractivity contribution in [3.63, 3.8) is 0 Å². The Morgan fingerprint density at radius 1 is 1.45 bits per heavy atom. The number of hydrogen-bond donors (Lipinski definition) is 2. The summed E-state index contributed by atoms with van der Waals surface area (Å²) < 4.78 is 5.44. The van der Waals surface area contributed by atoms with Crippen molar-refractivity contribution < 1.29 is 9.53 Å². The van der Waals surface area contributed by atoms with Crippen molar-refractivity contribution in [2.24, 2.45) is 0 Å². The standard InChI is InChI=1S/C16H18ClN3O2/c17-14-4-2-1-3-11(14)9-22-10-16(21)19-13-5-6-15-12(7-13)8-18-20-15/h1-4,8,13H,5-7,9-10H2,(H,18,20)(H,19,21). The van der Waals surface area contributed by atoms with Gasteiger partial charge in [-0.05, 0) is 36.5 Å². The average molecular weight is 320 g/mol. The maximum atomic E-state index is 11.9. The van der Waals surface area contributed by atoms with E-state index in [0.29, 0.717) is 11.6 Å². The normalized spacial score (nSPS) is 17.0. The molecule has 1 amide bonds. The maximum Gasteiger partial charge on any atom is 0.246 e. The highest BCUT2D eigenvalue weighted by atomic mass is 35.5. The number of halogens is 1. The summed E-state index contributed by atoms with van der Waals surface area (Å²) in [7, 11) is 0. The molecule has 0 saturated heterocycles. The molecule has 2 N–H and O–H groups in total. The molecule has 116 valence electrons. The summed E-state index contributed by atoms with van der Waals surface area (Å²) in [6, 6.07) is 7.62. The van der Waals surface area contributed by atoms with Crippen molar-refractivity contribution in [2.45, 2.75) is 31.9 Å². The molecule has 0 radical (unpaired) electrons. The second-order valence-electron chi connectivity index (χ2n) is 5.47. The van der Waals surface area contributed by atoms with E-state index in [2.05, 4.69) is 15.5 Å². The van der Waals surface area contributed by atoms with Gasteiger partial charge >= 0.3 is 0 Å². The topological polar surface area (TPSA) is 67.0 Å². The first-order valence-corrected chi connectivity index (χ1v) is 7.72. The number of rotatable bonds is 5. The summed E-state index contributed by atoms with van der Waals surface area (Å²) in [5.41, 5.74) is 3.26. The number of nitrogens with one attached hydrogen (secondary N) is 2. The zero-order valence-corrected chi connectivity index (χ0v) is 12.9. The summed E-state index contributed by atoms with van der Waals surface area (Å²) in [5, 5.41) is 10.7. The third-order valence-electron chi connectivity index (χ3n) is 3.83. The van der Waals surface area contributed by atoms with Crippen LogP contribution in [0.15, 0.2) is 30.5 Å². The summed E-state index contributed by atoms with van der Waals surface area (Å²) in [5.74, 6) is -0.0935. The maximum absolute atomic E-state index is 11.9. The predicted molar refractivity (Wildman–Crippen MR) is 83.7 cm³/mol. The number of hydrogen-bond acceptors (Lipinski definition) is 3. The quantitative estimate of drug-likeness (QED) is 0.888. The number of fused-ring (bicyclic) bond motifs is 1. The molecule has 1 aliphatic rings. The SMILES string of the molecule is O=C(COCc1ccccc1Cl)NC1CCc2[nH]ncc2C1. The smallest absolute Gasteiger partial charge is 0.246 e. The Morgan fingerprint density at radius 3 is 3.18 bits per heavy atom. The van der Waals surface area contributed by atoms with Gasteiger partial charge in [-0.15, -0.1) is 0 Å². The van der Waals surface area contributed by atoms with E-state index in [-0.39, 0.29) is 18.6 Å². The summed E-state index contributed by atoms with van der Waals surface area (Å²) in [6.45, 7) is 0.379. The van der Waals surface area contributed by atoms with E-state index in [9.17, 15) is 4.79 Å². The van der Waals surface area contributed by atoms with Crippen molar-refractivity contribution in [1.29, 1.82) is 0 Å². The van der Waals surface area contributed by atoms with Gasteiger partial charge in [-0.2, -0.15) is 5.10 Å². The minimum absolute atomic E-state index is 0.0416. The van der Waals surface area contributed by atoms with E-state index in [1.54, 1.807) is 0 Å². The molecular formula is C16H18ClN3O2. The average Bonchev–Trinajstić information content (AvgIpc) is 2.97. The number of nitrogens with zero attached hydrogens (tertiary/aromatic N) is 1. The number of carbonyl (C=O) groups excluding carboxylic acids is 1. The second kappa shape index (κ2) is 6.94. The van der Waals surface area contributed by atoms with Crippen molar-refractivity contribution in [1.82, 2.24) is 15.5 Å². The van der Waals surface area contributed by atoms with Gasteiger partial charge in [0.2, 0.25) is 5.91 Å². The first-order chi connectivity index (χ1) is 10.7. The molecule has 1 aliphatic carbocycles. The summed E-state index contributed by atoms with van der Waals surface area (Å²) in [6.07, 6.45) is 4.50. The van der Waals surface area contributed by atoms with Gasteiger partial charge in [-0.1, -0.05) is 29.8 Å². The minimum atomic E-state index is -0.0935. The molecule has 3 rings (SSSR count). The van der Waals surface area contributed by atoms with Gasteiger partial charge in [0.15, 0.2) is 0 Å². The van der Waals surface area contributed by atoms with Gasteiger partial charge in [0.05, 0.1) is 12.8 Å². The molecule has 0 aliphatic heterocycles. The first-order valence-electron chi connectivity index (χ1n) is 7.34. The zero-order chi connectivity index (χ0) is 15.4. The molecular weight excluding hydrogens is 302 g/mol. The molecule has 1 aromatic heterocycles. The highest BCUT2D eigenvalue weighted by Gasteiger charge is 2.21. The lowest BCUT2D eigenvalue weighted by atomic mass is 9.93. The third kappa shape index (κ3) is 3.67. The lowest BCUT2D eigenvalue weighted by Gasteiger charge is -2.22. The Balaban J connectivity index is 1.43. The van der Waals surface area contributed by atoms with Gasteiger partial charge < -0.3 is 10.1 Å². The largest absolute Gasteiger partial charge is 0.367 e. The van der Waals surface area contributed by atoms with Crippen molar-refractivity contribution in [2.75, 3.05) is 6.61 Å². The minimum Gasteiger partial charge on any atom is -0.367 e. The van der Waals surface area contributed by atoms with Crippen molar-refractivity contribution >= 4 is 17.5 Å². The molecule has 1 unspecified atom stereocenters. The van der Waals surface area contributed by atoms with Gasteiger partial charge in [-0.3, -0.25) is 9.89 Å². The fraction of sp³-hybridized carbons (Fsp3) is 0.375. The van der Waals surface area contributed by atoms with Crippen LogP contribution in [0.1, 0.15) is 23.2 Å². The molecule has 1 aromatic carbocycles. The van der Waals surface area contributed by atoms with E-state index in [1.807, 2.05) is 30.5 Å². The number of ether oxygens (including phenoxy) is 1. The second-order valence-corrected chi connectivity index (χ2v) is 5.87. The van der Waals surface area contributed by atoms with Crippen molar-refractivity contribution in [3.8, 4) is 0 Å². The molecule has 22 heavy (non-hydrogen) atoms. The number of aromatic amines is 1. The number of H-pyrrole nitrogens is 1. The molecule has 0 spiro atoms. The summed E-state index contributed by atoms with van der Waals surface area (Å²) >= 11 is 6.04. The van der Waals surface area contributed by atoms with Crippen LogP contribution < -0.4 is 5.32 Å². The molecule has 0 fully saturated rings. The van der Waals surface area contributed by atoms with E-state index < -0.39 is 0 Å². The first kappa shape index (κ1) is 15.1. The molecule has 1 atom stereocenters. The van der Waals surface area contributed by atoms with Crippen molar-refractivity contribution in [3.05, 3.63) is 52.3 Å². The van der Waals surface area contributed by atoms with Gasteiger partial charge in [0.1, 0.15) is 6.61 Å². The Kier molecular flexibility index (Phi) is 4.75. The fourth-order valence-electron chi connectivity index (χ4n) is 2.68. The molecule has 1 heterocycles. The van der Waals surface area contributed by atoms with Crippen LogP contribution >= 0.6 is 11.6 Å². The third-order valence-corrected chi connectivity index (χ3v) is 4.20. The highest BCUT2D eigenvalue weighted by Crippen LogP contribution is 2.19. The molecule has 2 aromatic rings. The number of aromatic nitrogens is 2. The Morgan fingerprint density at radius 2 is 2.32 bits per heavy atom. The molecule has 5 nitrogen and oxygen atoms in total. The number of amides is 1. The predicted octanol–water partition coefficient (Wildman–Crippen LogP) is 2.25. The van der Waals surface area contributed by atoms with Crippen LogP contribution in [0.2, 0.25) is 5.02 Å². The lowest BCUT2D eigenvalue weighted by Crippen LogP contribution is -2.40. The van der Waals surface area contributed by atoms with Crippen LogP contribution in [-0.4, -0.2) is 28.8 Å². The van der Waals surface area contributed by atoms with Crippen LogP contribution in [0.4, 0.5) is 0 Å². The van der Waals surface area contributed by atoms with E-state index >= 15 is 0 Å². The highest BCUT2D eigenvalue weighted by molar-refractivity contribution is 6.31. The Labute approximate surface area is 134 Å². The Bertz CT molecular complexity index is 656. The summed E-state index contributed by atoms with van der Waals surface area (Å²) in [4.78, 5) is 11.9. The van der Waals surface area contributed by atoms with Crippen LogP contribution in [0, 0.1) is 0 Å². The van der Waals surface area contributed by atoms with Crippen LogP contribution in [0.3, 0.4) is 0 Å².